The van der Waals surface area contributed by atoms with Crippen molar-refractivity contribution in [1.29, 1.82) is 5.26 Å². The summed E-state index contributed by atoms with van der Waals surface area (Å²) in [6, 6.07) is 50.0. The van der Waals surface area contributed by atoms with E-state index in [0.717, 1.165) is 44.9 Å². The SMILES string of the molecule is Cc1nc(-c2cccc(-c3ccc(C#N)cc3)c2)nc(-c2ccc3c(c2)C2(c4ccccc4Oc4ccccc42)c2ccccc2-3)n1. The first kappa shape index (κ1) is 27.0. The molecular weight excluding hydrogens is 576 g/mol. The predicted molar refractivity (Wildman–Crippen MR) is 183 cm³/mol. The van der Waals surface area contributed by atoms with Crippen molar-refractivity contribution in [3.05, 3.63) is 173 Å². The Labute approximate surface area is 272 Å². The Kier molecular flexibility index (Phi) is 5.93. The minimum absolute atomic E-state index is 0.562. The minimum Gasteiger partial charge on any atom is -0.457 e. The zero-order valence-electron chi connectivity index (χ0n) is 25.5. The molecule has 0 saturated heterocycles. The number of aryl methyl sites for hydroxylation is 1. The van der Waals surface area contributed by atoms with E-state index in [1.54, 1.807) is 0 Å². The molecule has 7 aromatic rings. The Morgan fingerprint density at radius 2 is 1.09 bits per heavy atom. The molecule has 1 aromatic heterocycles. The number of hydrogen-bond acceptors (Lipinski definition) is 5. The van der Waals surface area contributed by atoms with Crippen LogP contribution in [0.4, 0.5) is 0 Å². The van der Waals surface area contributed by atoms with Crippen LogP contribution < -0.4 is 4.74 Å². The van der Waals surface area contributed by atoms with Crippen molar-refractivity contribution in [2.45, 2.75) is 12.3 Å². The van der Waals surface area contributed by atoms with Crippen molar-refractivity contribution in [3.8, 4) is 62.6 Å². The topological polar surface area (TPSA) is 71.7 Å². The van der Waals surface area contributed by atoms with Crippen LogP contribution in [0.3, 0.4) is 0 Å². The predicted octanol–water partition coefficient (Wildman–Crippen LogP) is 9.52. The number of aromatic nitrogens is 3. The van der Waals surface area contributed by atoms with Crippen LogP contribution >= 0.6 is 0 Å². The summed E-state index contributed by atoms with van der Waals surface area (Å²) >= 11 is 0. The first-order valence-electron chi connectivity index (χ1n) is 15.6. The summed E-state index contributed by atoms with van der Waals surface area (Å²) in [6.45, 7) is 1.91. The van der Waals surface area contributed by atoms with Crippen LogP contribution in [0.1, 0.15) is 33.6 Å². The largest absolute Gasteiger partial charge is 0.457 e. The van der Waals surface area contributed by atoms with Crippen LogP contribution in [-0.2, 0) is 5.41 Å². The molecule has 1 aliphatic heterocycles. The highest BCUT2D eigenvalue weighted by molar-refractivity contribution is 5.90. The second-order valence-corrected chi connectivity index (χ2v) is 12.0. The quantitative estimate of drug-likeness (QED) is 0.201. The van der Waals surface area contributed by atoms with Crippen LogP contribution in [0.5, 0.6) is 11.5 Å². The fraction of sp³-hybridized carbons (Fsp3) is 0.0476. The molecule has 5 nitrogen and oxygen atoms in total. The van der Waals surface area contributed by atoms with Gasteiger partial charge in [0.25, 0.3) is 0 Å². The zero-order valence-corrected chi connectivity index (χ0v) is 25.5. The highest BCUT2D eigenvalue weighted by atomic mass is 16.5. The molecule has 5 heteroatoms. The standard InChI is InChI=1S/C42H26N4O/c1-26-44-40(30-10-8-9-29(23-30)28-19-17-27(25-43)18-20-28)46-41(45-26)31-21-22-33-32-11-2-3-12-34(32)42(37(33)24-31)35-13-4-6-15-38(35)47-39-16-7-5-14-36(39)42/h2-24H,1H3. The van der Waals surface area contributed by atoms with Gasteiger partial charge in [-0.1, -0.05) is 103 Å². The average molecular weight is 603 g/mol. The molecule has 9 rings (SSSR count). The lowest BCUT2D eigenvalue weighted by Gasteiger charge is -2.39. The lowest BCUT2D eigenvalue weighted by Crippen LogP contribution is -2.32. The molecule has 0 fully saturated rings. The molecule has 2 aliphatic rings. The molecule has 1 aliphatic carbocycles. The third-order valence-electron chi connectivity index (χ3n) is 9.32. The van der Waals surface area contributed by atoms with Gasteiger partial charge in [-0.05, 0) is 76.7 Å². The Morgan fingerprint density at radius 1 is 0.511 bits per heavy atom. The first-order chi connectivity index (χ1) is 23.1. The number of hydrogen-bond donors (Lipinski definition) is 0. The average Bonchev–Trinajstić information content (AvgIpc) is 3.41. The van der Waals surface area contributed by atoms with E-state index in [0.29, 0.717) is 23.0 Å². The van der Waals surface area contributed by atoms with Crippen LogP contribution in [0.25, 0.3) is 45.0 Å². The van der Waals surface area contributed by atoms with Crippen LogP contribution in [-0.4, -0.2) is 15.0 Å². The van der Waals surface area contributed by atoms with Crippen molar-refractivity contribution < 1.29 is 4.74 Å². The minimum atomic E-state index is -0.562. The fourth-order valence-electron chi connectivity index (χ4n) is 7.31. The molecule has 0 N–H and O–H groups in total. The van der Waals surface area contributed by atoms with E-state index >= 15 is 0 Å². The van der Waals surface area contributed by atoms with Crippen molar-refractivity contribution >= 4 is 0 Å². The lowest BCUT2D eigenvalue weighted by molar-refractivity contribution is 0.436. The van der Waals surface area contributed by atoms with E-state index in [1.807, 2.05) is 55.5 Å². The molecule has 0 amide bonds. The van der Waals surface area contributed by atoms with Gasteiger partial charge in [0, 0.05) is 22.3 Å². The summed E-state index contributed by atoms with van der Waals surface area (Å²) in [5.41, 5.74) is 11.0. The number of para-hydroxylation sites is 2. The van der Waals surface area contributed by atoms with Crippen LogP contribution in [0.2, 0.25) is 0 Å². The van der Waals surface area contributed by atoms with E-state index < -0.39 is 5.41 Å². The molecule has 6 aromatic carbocycles. The van der Waals surface area contributed by atoms with Gasteiger partial charge in [0.15, 0.2) is 11.6 Å². The van der Waals surface area contributed by atoms with Gasteiger partial charge >= 0.3 is 0 Å². The Morgan fingerprint density at radius 3 is 1.79 bits per heavy atom. The molecule has 0 unspecified atom stereocenters. The zero-order chi connectivity index (χ0) is 31.5. The third-order valence-corrected chi connectivity index (χ3v) is 9.32. The maximum atomic E-state index is 9.22. The van der Waals surface area contributed by atoms with Crippen LogP contribution in [0, 0.1) is 18.3 Å². The number of nitrogens with zero attached hydrogens (tertiary/aromatic N) is 4. The van der Waals surface area contributed by atoms with Gasteiger partial charge in [-0.2, -0.15) is 5.26 Å². The smallest absolute Gasteiger partial charge is 0.163 e. The molecule has 0 saturated carbocycles. The maximum Gasteiger partial charge on any atom is 0.163 e. The highest BCUT2D eigenvalue weighted by Crippen LogP contribution is 2.62. The number of ether oxygens (including phenoxy) is 1. The van der Waals surface area contributed by atoms with Gasteiger partial charge in [-0.25, -0.2) is 15.0 Å². The number of nitriles is 1. The van der Waals surface area contributed by atoms with Gasteiger partial charge in [0.1, 0.15) is 17.3 Å². The highest BCUT2D eigenvalue weighted by Gasteiger charge is 2.51. The summed E-state index contributed by atoms with van der Waals surface area (Å²) in [6.07, 6.45) is 0. The van der Waals surface area contributed by atoms with Gasteiger partial charge in [-0.3, -0.25) is 0 Å². The summed E-state index contributed by atoms with van der Waals surface area (Å²) in [7, 11) is 0. The summed E-state index contributed by atoms with van der Waals surface area (Å²) < 4.78 is 6.50. The third kappa shape index (κ3) is 4.05. The van der Waals surface area contributed by atoms with Gasteiger partial charge < -0.3 is 4.74 Å². The molecule has 0 atom stereocenters. The molecule has 0 radical (unpaired) electrons. The lowest BCUT2D eigenvalue weighted by atomic mass is 9.66. The van der Waals surface area contributed by atoms with Crippen molar-refractivity contribution in [2.75, 3.05) is 0 Å². The molecular formula is C42H26N4O. The second-order valence-electron chi connectivity index (χ2n) is 12.0. The van der Waals surface area contributed by atoms with Crippen molar-refractivity contribution in [1.82, 2.24) is 15.0 Å². The number of fused-ring (bicyclic) bond motifs is 9. The van der Waals surface area contributed by atoms with E-state index in [1.165, 1.54) is 22.3 Å². The summed E-state index contributed by atoms with van der Waals surface area (Å²) in [5, 5.41) is 9.22. The summed E-state index contributed by atoms with van der Waals surface area (Å²) in [5.74, 6) is 3.61. The Balaban J connectivity index is 1.22. The van der Waals surface area contributed by atoms with E-state index in [-0.39, 0.29) is 0 Å². The van der Waals surface area contributed by atoms with E-state index in [9.17, 15) is 5.26 Å². The molecule has 0 bridgehead atoms. The second kappa shape index (κ2) is 10.3. The van der Waals surface area contributed by atoms with Gasteiger partial charge in [0.05, 0.1) is 17.0 Å². The Hall–Kier alpha value is -6.38. The molecule has 47 heavy (non-hydrogen) atoms. The van der Waals surface area contributed by atoms with Gasteiger partial charge in [-0.15, -0.1) is 0 Å². The summed E-state index contributed by atoms with van der Waals surface area (Å²) in [4.78, 5) is 14.6. The maximum absolute atomic E-state index is 9.22. The molecule has 1 spiro atoms. The van der Waals surface area contributed by atoms with Gasteiger partial charge in [0.2, 0.25) is 0 Å². The Bertz CT molecular complexity index is 2380. The first-order valence-corrected chi connectivity index (χ1v) is 15.6. The number of benzene rings is 6. The monoisotopic (exact) mass is 602 g/mol. The fourth-order valence-corrected chi connectivity index (χ4v) is 7.31. The van der Waals surface area contributed by atoms with Crippen LogP contribution in [0.15, 0.2) is 140 Å². The molecule has 2 heterocycles. The van der Waals surface area contributed by atoms with E-state index in [2.05, 4.69) is 97.1 Å². The van der Waals surface area contributed by atoms with Crippen molar-refractivity contribution in [3.63, 3.8) is 0 Å². The molecule has 220 valence electrons. The normalized spacial score (nSPS) is 13.1. The number of rotatable bonds is 3. The van der Waals surface area contributed by atoms with Crippen molar-refractivity contribution in [2.24, 2.45) is 0 Å². The van der Waals surface area contributed by atoms with E-state index in [4.69, 9.17) is 19.7 Å².